The number of methoxy groups -OCH3 is 2. The number of halogens is 1. The number of anilines is 4. The summed E-state index contributed by atoms with van der Waals surface area (Å²) in [5.74, 6) is 0.750. The molecule has 10 nitrogen and oxygen atoms in total. The molecule has 2 aromatic carbocycles. The van der Waals surface area contributed by atoms with Crippen LogP contribution in [0.25, 0.3) is 10.9 Å². The van der Waals surface area contributed by atoms with Crippen molar-refractivity contribution in [1.82, 2.24) is 15.0 Å². The molecule has 0 unspecified atom stereocenters. The number of fused-ring (bicyclic) bond motifs is 1. The molecule has 0 saturated heterocycles. The molecule has 2 N–H and O–H groups in total. The second kappa shape index (κ2) is 8.90. The molecule has 4 rings (SSSR count). The summed E-state index contributed by atoms with van der Waals surface area (Å²) in [5.41, 5.74) is 1.39. The van der Waals surface area contributed by atoms with Gasteiger partial charge in [-0.25, -0.2) is 9.97 Å². The van der Waals surface area contributed by atoms with Gasteiger partial charge in [-0.3, -0.25) is 15.1 Å². The van der Waals surface area contributed by atoms with E-state index in [0.717, 1.165) is 10.9 Å². The minimum Gasteiger partial charge on any atom is -0.495 e. The van der Waals surface area contributed by atoms with Crippen LogP contribution in [0.5, 0.6) is 11.5 Å². The van der Waals surface area contributed by atoms with Crippen molar-refractivity contribution >= 4 is 51.2 Å². The predicted molar refractivity (Wildman–Crippen MR) is 122 cm³/mol. The second-order valence-corrected chi connectivity index (χ2v) is 6.90. The summed E-state index contributed by atoms with van der Waals surface area (Å²) in [6, 6.07) is 12.2. The highest BCUT2D eigenvalue weighted by Gasteiger charge is 2.25. The minimum atomic E-state index is -0.564. The third-order valence-corrected chi connectivity index (χ3v) is 4.93. The fraction of sp³-hybridized carbons (Fsp3) is 0.0952. The van der Waals surface area contributed by atoms with Gasteiger partial charge in [-0.1, -0.05) is 17.7 Å². The molecule has 4 aromatic rings. The molecule has 0 amide bonds. The molecule has 0 aliphatic rings. The van der Waals surface area contributed by atoms with Gasteiger partial charge in [-0.2, -0.15) is 0 Å². The average molecular weight is 453 g/mol. The molecule has 0 aliphatic heterocycles. The molecule has 2 aromatic heterocycles. The standard InChI is InChI=1S/C21H17ClN6O4/c1-31-17-10-18(32-2)16(9-13(17)22)27-21-19(28(29)30)20(24-11-25-21)26-15-7-3-6-14-12(15)5-4-8-23-14/h3-11H,1-2H3,(H2,24,25,26,27). The zero-order chi connectivity index (χ0) is 22.7. The van der Waals surface area contributed by atoms with Gasteiger partial charge in [0.15, 0.2) is 0 Å². The summed E-state index contributed by atoms with van der Waals surface area (Å²) in [6.07, 6.45) is 2.90. The molecule has 0 saturated carbocycles. The van der Waals surface area contributed by atoms with Crippen LogP contribution in [0.2, 0.25) is 5.02 Å². The summed E-state index contributed by atoms with van der Waals surface area (Å²) < 4.78 is 10.5. The van der Waals surface area contributed by atoms with Gasteiger partial charge in [0.25, 0.3) is 0 Å². The molecule has 162 valence electrons. The first kappa shape index (κ1) is 21.1. The van der Waals surface area contributed by atoms with E-state index in [-0.39, 0.29) is 17.3 Å². The van der Waals surface area contributed by atoms with Crippen LogP contribution >= 0.6 is 11.6 Å². The first-order valence-electron chi connectivity index (χ1n) is 9.30. The van der Waals surface area contributed by atoms with Gasteiger partial charge in [0.1, 0.15) is 17.8 Å². The zero-order valence-corrected chi connectivity index (χ0v) is 17.8. The maximum Gasteiger partial charge on any atom is 0.353 e. The lowest BCUT2D eigenvalue weighted by Crippen LogP contribution is -2.06. The van der Waals surface area contributed by atoms with Gasteiger partial charge in [0.2, 0.25) is 11.6 Å². The van der Waals surface area contributed by atoms with E-state index in [0.29, 0.717) is 27.9 Å². The van der Waals surface area contributed by atoms with Gasteiger partial charge in [-0.15, -0.1) is 0 Å². The van der Waals surface area contributed by atoms with Gasteiger partial charge in [0, 0.05) is 23.3 Å². The van der Waals surface area contributed by atoms with Crippen LogP contribution in [0.4, 0.5) is 28.7 Å². The third-order valence-electron chi connectivity index (χ3n) is 4.63. The Morgan fingerprint density at radius 3 is 2.34 bits per heavy atom. The summed E-state index contributed by atoms with van der Waals surface area (Å²) >= 11 is 6.22. The van der Waals surface area contributed by atoms with E-state index >= 15 is 0 Å². The Kier molecular flexibility index (Phi) is 5.86. The van der Waals surface area contributed by atoms with Crippen LogP contribution in [0.15, 0.2) is 55.0 Å². The lowest BCUT2D eigenvalue weighted by Gasteiger charge is -2.14. The molecule has 0 atom stereocenters. The second-order valence-electron chi connectivity index (χ2n) is 6.49. The van der Waals surface area contributed by atoms with Crippen LogP contribution in [-0.4, -0.2) is 34.1 Å². The lowest BCUT2D eigenvalue weighted by molar-refractivity contribution is -0.383. The van der Waals surface area contributed by atoms with Crippen LogP contribution in [0, 0.1) is 10.1 Å². The van der Waals surface area contributed by atoms with E-state index in [1.807, 2.05) is 12.1 Å². The lowest BCUT2D eigenvalue weighted by atomic mass is 10.2. The summed E-state index contributed by atoms with van der Waals surface area (Å²) in [4.78, 5) is 23.9. The van der Waals surface area contributed by atoms with Crippen molar-refractivity contribution in [2.45, 2.75) is 0 Å². The zero-order valence-electron chi connectivity index (χ0n) is 17.0. The number of nitro groups is 1. The first-order valence-corrected chi connectivity index (χ1v) is 9.68. The van der Waals surface area contributed by atoms with Crippen LogP contribution in [0.3, 0.4) is 0 Å². The number of ether oxygens (including phenoxy) is 2. The van der Waals surface area contributed by atoms with E-state index in [1.165, 1.54) is 26.6 Å². The molecule has 0 fully saturated rings. The Morgan fingerprint density at radius 1 is 0.938 bits per heavy atom. The fourth-order valence-corrected chi connectivity index (χ4v) is 3.40. The number of hydrogen-bond donors (Lipinski definition) is 2. The van der Waals surface area contributed by atoms with E-state index in [4.69, 9.17) is 21.1 Å². The van der Waals surface area contributed by atoms with E-state index in [2.05, 4.69) is 25.6 Å². The van der Waals surface area contributed by atoms with E-state index in [9.17, 15) is 10.1 Å². The smallest absolute Gasteiger partial charge is 0.353 e. The SMILES string of the molecule is COc1cc(OC)c(Nc2ncnc(Nc3cccc4ncccc34)c2[N+](=O)[O-])cc1Cl. The maximum absolute atomic E-state index is 12.0. The average Bonchev–Trinajstić information content (AvgIpc) is 2.79. The van der Waals surface area contributed by atoms with Gasteiger partial charge in [-0.05, 0) is 30.3 Å². The molecular formula is C21H17ClN6O4. The van der Waals surface area contributed by atoms with Crippen molar-refractivity contribution in [3.05, 3.63) is 70.1 Å². The molecule has 0 spiro atoms. The van der Waals surface area contributed by atoms with E-state index in [1.54, 1.807) is 30.5 Å². The fourth-order valence-electron chi connectivity index (χ4n) is 3.16. The van der Waals surface area contributed by atoms with Crippen LogP contribution in [-0.2, 0) is 0 Å². The van der Waals surface area contributed by atoms with Crippen molar-refractivity contribution < 1.29 is 14.4 Å². The summed E-state index contributed by atoms with van der Waals surface area (Å²) in [6.45, 7) is 0. The number of rotatable bonds is 7. The molecule has 0 radical (unpaired) electrons. The highest BCUT2D eigenvalue weighted by atomic mass is 35.5. The molecular weight excluding hydrogens is 436 g/mol. The third kappa shape index (κ3) is 4.03. The number of aromatic nitrogens is 3. The monoisotopic (exact) mass is 452 g/mol. The van der Waals surface area contributed by atoms with Crippen molar-refractivity contribution in [2.24, 2.45) is 0 Å². The predicted octanol–water partition coefficient (Wildman–Crippen LogP) is 5.09. The summed E-state index contributed by atoms with van der Waals surface area (Å²) in [5, 5.41) is 19.0. The summed E-state index contributed by atoms with van der Waals surface area (Å²) in [7, 11) is 2.94. The number of benzene rings is 2. The molecule has 0 bridgehead atoms. The van der Waals surface area contributed by atoms with Crippen molar-refractivity contribution in [3.63, 3.8) is 0 Å². The Bertz CT molecular complexity index is 1310. The van der Waals surface area contributed by atoms with Gasteiger partial charge < -0.3 is 20.1 Å². The van der Waals surface area contributed by atoms with E-state index < -0.39 is 4.92 Å². The Labute approximate surface area is 187 Å². The van der Waals surface area contributed by atoms with Crippen LogP contribution in [0.1, 0.15) is 0 Å². The quantitative estimate of drug-likeness (QED) is 0.291. The first-order chi connectivity index (χ1) is 15.5. The highest BCUT2D eigenvalue weighted by molar-refractivity contribution is 6.32. The van der Waals surface area contributed by atoms with Gasteiger partial charge >= 0.3 is 5.69 Å². The van der Waals surface area contributed by atoms with Crippen molar-refractivity contribution in [3.8, 4) is 11.5 Å². The Morgan fingerprint density at radius 2 is 1.66 bits per heavy atom. The Balaban J connectivity index is 1.77. The van der Waals surface area contributed by atoms with Crippen LogP contribution < -0.4 is 20.1 Å². The van der Waals surface area contributed by atoms with Crippen molar-refractivity contribution in [1.29, 1.82) is 0 Å². The number of nitrogens with zero attached hydrogens (tertiary/aromatic N) is 4. The largest absolute Gasteiger partial charge is 0.495 e. The topological polar surface area (TPSA) is 124 Å². The van der Waals surface area contributed by atoms with Gasteiger partial charge in [0.05, 0.1) is 35.4 Å². The Hall–Kier alpha value is -4.18. The molecule has 11 heteroatoms. The number of nitrogens with one attached hydrogen (secondary N) is 2. The molecule has 0 aliphatic carbocycles. The number of pyridine rings is 1. The molecule has 32 heavy (non-hydrogen) atoms. The minimum absolute atomic E-state index is 0.0161. The van der Waals surface area contributed by atoms with Crippen molar-refractivity contribution in [2.75, 3.05) is 24.9 Å². The molecule has 2 heterocycles. The maximum atomic E-state index is 12.0. The normalized spacial score (nSPS) is 10.6. The number of hydrogen-bond acceptors (Lipinski definition) is 9. The highest BCUT2D eigenvalue weighted by Crippen LogP contribution is 2.40.